The molecule has 1 unspecified atom stereocenters. The van der Waals surface area contributed by atoms with Crippen molar-refractivity contribution in [3.05, 3.63) is 35.4 Å². The van der Waals surface area contributed by atoms with Crippen LogP contribution in [0, 0.1) is 18.3 Å². The molecule has 0 amide bonds. The minimum atomic E-state index is -0.772. The number of carboxylic acids is 1. The molecule has 0 spiro atoms. The first kappa shape index (κ1) is 10.3. The van der Waals surface area contributed by atoms with Gasteiger partial charge in [0.15, 0.2) is 0 Å². The maximum Gasteiger partial charge on any atom is 0.306 e. The molecule has 0 aliphatic heterocycles. The second kappa shape index (κ2) is 4.48. The van der Waals surface area contributed by atoms with Gasteiger partial charge in [0.25, 0.3) is 0 Å². The third-order valence-corrected chi connectivity index (χ3v) is 2.08. The van der Waals surface area contributed by atoms with Crippen LogP contribution in [0.2, 0.25) is 0 Å². The molecule has 72 valence electrons. The Morgan fingerprint density at radius 3 is 2.50 bits per heavy atom. The molecule has 0 fully saturated rings. The predicted octanol–water partition coefficient (Wildman–Crippen LogP) is 1.93. The number of hydrogen-bond donors (Lipinski definition) is 1. The highest BCUT2D eigenvalue weighted by Gasteiger charge is 2.10. The fraction of sp³-hybridized carbons (Fsp3) is 0.250. The van der Waals surface area contributed by atoms with Crippen molar-refractivity contribution >= 4 is 5.97 Å². The third kappa shape index (κ3) is 2.63. The highest BCUT2D eigenvalue weighted by Crippen LogP contribution is 2.09. The lowest BCUT2D eigenvalue weighted by Crippen LogP contribution is -2.12. The number of terminal acetylenes is 1. The van der Waals surface area contributed by atoms with Gasteiger partial charge in [0.1, 0.15) is 0 Å². The molecule has 0 radical (unpaired) electrons. The first-order valence-corrected chi connectivity index (χ1v) is 4.42. The predicted molar refractivity (Wildman–Crippen MR) is 54.9 cm³/mol. The molecule has 1 atom stereocenters. The van der Waals surface area contributed by atoms with Crippen molar-refractivity contribution in [1.82, 2.24) is 0 Å². The van der Waals surface area contributed by atoms with Crippen LogP contribution in [0.5, 0.6) is 0 Å². The van der Waals surface area contributed by atoms with Crippen molar-refractivity contribution < 1.29 is 9.90 Å². The molecule has 1 aromatic rings. The molecule has 0 saturated heterocycles. The Bertz CT molecular complexity index is 357. The third-order valence-electron chi connectivity index (χ3n) is 2.08. The zero-order valence-corrected chi connectivity index (χ0v) is 8.03. The van der Waals surface area contributed by atoms with Crippen LogP contribution in [0.3, 0.4) is 0 Å². The lowest BCUT2D eigenvalue weighted by atomic mass is 10.0. The first-order valence-electron chi connectivity index (χ1n) is 4.42. The highest BCUT2D eigenvalue weighted by atomic mass is 16.4. The normalized spacial score (nSPS) is 11.7. The zero-order valence-electron chi connectivity index (χ0n) is 8.03. The Kier molecular flexibility index (Phi) is 3.30. The number of carbonyl (C=O) groups is 1. The zero-order chi connectivity index (χ0) is 10.6. The summed E-state index contributed by atoms with van der Waals surface area (Å²) in [7, 11) is 0. The van der Waals surface area contributed by atoms with Crippen molar-refractivity contribution in [2.45, 2.75) is 13.3 Å². The van der Waals surface area contributed by atoms with E-state index in [1.54, 1.807) is 6.92 Å². The molecular weight excluding hydrogens is 176 g/mol. The Morgan fingerprint density at radius 1 is 1.50 bits per heavy atom. The average molecular weight is 188 g/mol. The molecule has 0 aromatic heterocycles. The number of hydrogen-bond acceptors (Lipinski definition) is 1. The Balaban J connectivity index is 2.70. The molecule has 14 heavy (non-hydrogen) atoms. The van der Waals surface area contributed by atoms with Crippen LogP contribution in [-0.4, -0.2) is 11.1 Å². The minimum absolute atomic E-state index is 0.355. The van der Waals surface area contributed by atoms with Gasteiger partial charge in [-0.25, -0.2) is 0 Å². The van der Waals surface area contributed by atoms with Gasteiger partial charge in [0.2, 0.25) is 0 Å². The van der Waals surface area contributed by atoms with Gasteiger partial charge in [-0.15, -0.1) is 6.42 Å². The summed E-state index contributed by atoms with van der Waals surface area (Å²) in [4.78, 5) is 10.6. The SMILES string of the molecule is C#Cc1ccc(CC(C)C(=O)O)cc1. The number of aliphatic carboxylic acids is 1. The maximum atomic E-state index is 10.6. The van der Waals surface area contributed by atoms with E-state index >= 15 is 0 Å². The minimum Gasteiger partial charge on any atom is -0.481 e. The van der Waals surface area contributed by atoms with Gasteiger partial charge in [-0.05, 0) is 24.1 Å². The molecule has 0 aliphatic rings. The Labute approximate surface area is 83.6 Å². The van der Waals surface area contributed by atoms with E-state index in [1.165, 1.54) is 0 Å². The average Bonchev–Trinajstić information content (AvgIpc) is 2.19. The van der Waals surface area contributed by atoms with E-state index in [-0.39, 0.29) is 5.92 Å². The molecule has 2 nitrogen and oxygen atoms in total. The molecule has 0 saturated carbocycles. The van der Waals surface area contributed by atoms with Crippen LogP contribution in [0.1, 0.15) is 18.1 Å². The van der Waals surface area contributed by atoms with Crippen molar-refractivity contribution in [3.8, 4) is 12.3 Å². The van der Waals surface area contributed by atoms with Crippen LogP contribution in [-0.2, 0) is 11.2 Å². The summed E-state index contributed by atoms with van der Waals surface area (Å²) in [5, 5.41) is 8.71. The van der Waals surface area contributed by atoms with Crippen LogP contribution in [0.15, 0.2) is 24.3 Å². The second-order valence-electron chi connectivity index (χ2n) is 3.28. The largest absolute Gasteiger partial charge is 0.481 e. The monoisotopic (exact) mass is 188 g/mol. The highest BCUT2D eigenvalue weighted by molar-refractivity contribution is 5.69. The van der Waals surface area contributed by atoms with Gasteiger partial charge in [0.05, 0.1) is 5.92 Å². The van der Waals surface area contributed by atoms with Gasteiger partial charge in [-0.2, -0.15) is 0 Å². The lowest BCUT2D eigenvalue weighted by Gasteiger charge is -2.05. The van der Waals surface area contributed by atoms with Crippen molar-refractivity contribution in [2.24, 2.45) is 5.92 Å². The molecule has 1 aromatic carbocycles. The quantitative estimate of drug-likeness (QED) is 0.736. The van der Waals surface area contributed by atoms with E-state index < -0.39 is 5.97 Å². The number of benzene rings is 1. The Morgan fingerprint density at radius 2 is 2.07 bits per heavy atom. The van der Waals surface area contributed by atoms with E-state index in [9.17, 15) is 4.79 Å². The van der Waals surface area contributed by atoms with Crippen LogP contribution in [0.25, 0.3) is 0 Å². The van der Waals surface area contributed by atoms with E-state index in [4.69, 9.17) is 11.5 Å². The summed E-state index contributed by atoms with van der Waals surface area (Å²) in [5.41, 5.74) is 1.82. The van der Waals surface area contributed by atoms with E-state index in [1.807, 2.05) is 24.3 Å². The standard InChI is InChI=1S/C12H12O2/c1-3-10-4-6-11(7-5-10)8-9(2)12(13)14/h1,4-7,9H,8H2,2H3,(H,13,14). The van der Waals surface area contributed by atoms with E-state index in [2.05, 4.69) is 5.92 Å². The summed E-state index contributed by atoms with van der Waals surface area (Å²) in [6.07, 6.45) is 5.75. The van der Waals surface area contributed by atoms with Gasteiger partial charge < -0.3 is 5.11 Å². The summed E-state index contributed by atoms with van der Waals surface area (Å²) < 4.78 is 0. The number of rotatable bonds is 3. The summed E-state index contributed by atoms with van der Waals surface area (Å²) >= 11 is 0. The molecule has 2 heteroatoms. The molecule has 1 N–H and O–H groups in total. The van der Waals surface area contributed by atoms with Crippen molar-refractivity contribution in [3.63, 3.8) is 0 Å². The maximum absolute atomic E-state index is 10.6. The smallest absolute Gasteiger partial charge is 0.306 e. The van der Waals surface area contributed by atoms with Gasteiger partial charge >= 0.3 is 5.97 Å². The van der Waals surface area contributed by atoms with Crippen LogP contribution >= 0.6 is 0 Å². The van der Waals surface area contributed by atoms with E-state index in [0.29, 0.717) is 6.42 Å². The summed E-state index contributed by atoms with van der Waals surface area (Å²) in [5.74, 6) is 1.39. The van der Waals surface area contributed by atoms with Crippen LogP contribution in [0.4, 0.5) is 0 Å². The van der Waals surface area contributed by atoms with Gasteiger partial charge in [-0.3, -0.25) is 4.79 Å². The molecular formula is C12H12O2. The molecule has 0 heterocycles. The fourth-order valence-electron chi connectivity index (χ4n) is 1.18. The van der Waals surface area contributed by atoms with Crippen molar-refractivity contribution in [2.75, 3.05) is 0 Å². The summed E-state index contributed by atoms with van der Waals surface area (Å²) in [6, 6.07) is 7.39. The van der Waals surface area contributed by atoms with Gasteiger partial charge in [0, 0.05) is 5.56 Å². The molecule has 0 bridgehead atoms. The Hall–Kier alpha value is -1.75. The van der Waals surface area contributed by atoms with Crippen molar-refractivity contribution in [1.29, 1.82) is 0 Å². The molecule has 1 rings (SSSR count). The summed E-state index contributed by atoms with van der Waals surface area (Å²) in [6.45, 7) is 1.69. The lowest BCUT2D eigenvalue weighted by molar-refractivity contribution is -0.141. The van der Waals surface area contributed by atoms with Crippen LogP contribution < -0.4 is 0 Å². The number of carboxylic acid groups (broad SMARTS) is 1. The fourth-order valence-corrected chi connectivity index (χ4v) is 1.18. The first-order chi connectivity index (χ1) is 6.63. The topological polar surface area (TPSA) is 37.3 Å². The second-order valence-corrected chi connectivity index (χ2v) is 3.28. The van der Waals surface area contributed by atoms with E-state index in [0.717, 1.165) is 11.1 Å². The van der Waals surface area contributed by atoms with Gasteiger partial charge in [-0.1, -0.05) is 25.0 Å². The molecule has 0 aliphatic carbocycles.